The van der Waals surface area contributed by atoms with Gasteiger partial charge in [-0.15, -0.1) is 6.58 Å². The van der Waals surface area contributed by atoms with E-state index >= 15 is 0 Å². The third-order valence-corrected chi connectivity index (χ3v) is 4.82. The Morgan fingerprint density at radius 2 is 1.81 bits per heavy atom. The van der Waals surface area contributed by atoms with E-state index in [1.807, 2.05) is 70.2 Å². The summed E-state index contributed by atoms with van der Waals surface area (Å²) in [7, 11) is 0. The first-order valence-electron chi connectivity index (χ1n) is 8.96. The second kappa shape index (κ2) is 7.24. The van der Waals surface area contributed by atoms with E-state index in [-0.39, 0.29) is 5.97 Å². The zero-order valence-electron chi connectivity index (χ0n) is 16.2. The van der Waals surface area contributed by atoms with Crippen LogP contribution < -0.4 is 5.32 Å². The monoisotopic (exact) mass is 381 g/mol. The van der Waals surface area contributed by atoms with Crippen molar-refractivity contribution < 1.29 is 9.53 Å². The highest BCUT2D eigenvalue weighted by Gasteiger charge is 2.22. The maximum absolute atomic E-state index is 12.7. The first-order valence-corrected chi connectivity index (χ1v) is 9.34. The molecule has 3 aromatic carbocycles. The van der Waals surface area contributed by atoms with Gasteiger partial charge in [0.2, 0.25) is 0 Å². The molecule has 0 spiro atoms. The molecule has 0 atom stereocenters. The Labute approximate surface area is 165 Å². The number of anilines is 1. The first-order chi connectivity index (χ1) is 12.7. The van der Waals surface area contributed by atoms with Crippen LogP contribution >= 0.6 is 11.6 Å². The third-order valence-electron chi connectivity index (χ3n) is 4.43. The molecular weight excluding hydrogens is 358 g/mol. The van der Waals surface area contributed by atoms with Gasteiger partial charge < -0.3 is 10.1 Å². The zero-order valence-corrected chi connectivity index (χ0v) is 16.9. The molecule has 1 N–H and O–H groups in total. The van der Waals surface area contributed by atoms with Gasteiger partial charge in [-0.3, -0.25) is 0 Å². The second-order valence-corrected chi connectivity index (χ2v) is 7.94. The van der Waals surface area contributed by atoms with Gasteiger partial charge in [0.25, 0.3) is 0 Å². The smallest absolute Gasteiger partial charge is 0.338 e. The highest BCUT2D eigenvalue weighted by molar-refractivity contribution is 6.42. The summed E-state index contributed by atoms with van der Waals surface area (Å²) in [6.07, 6.45) is 1.82. The van der Waals surface area contributed by atoms with E-state index in [0.717, 1.165) is 32.8 Å². The first kappa shape index (κ1) is 19.2. The van der Waals surface area contributed by atoms with Gasteiger partial charge in [0.15, 0.2) is 0 Å². The van der Waals surface area contributed by atoms with Crippen LogP contribution in [0.2, 0.25) is 5.02 Å². The second-order valence-electron chi connectivity index (χ2n) is 7.57. The molecule has 0 aromatic heterocycles. The molecule has 0 aliphatic rings. The summed E-state index contributed by atoms with van der Waals surface area (Å²) in [5, 5.41) is 7.91. The number of halogens is 1. The third kappa shape index (κ3) is 3.65. The molecule has 27 heavy (non-hydrogen) atoms. The van der Waals surface area contributed by atoms with Gasteiger partial charge in [0, 0.05) is 28.1 Å². The molecular formula is C23H24ClNO2. The van der Waals surface area contributed by atoms with Crippen LogP contribution in [0.3, 0.4) is 0 Å². The van der Waals surface area contributed by atoms with Crippen molar-refractivity contribution in [3.63, 3.8) is 0 Å². The molecule has 0 heterocycles. The number of benzene rings is 3. The van der Waals surface area contributed by atoms with Gasteiger partial charge in [-0.05, 0) is 39.3 Å². The highest BCUT2D eigenvalue weighted by Crippen LogP contribution is 2.41. The molecule has 0 fully saturated rings. The number of carbonyl (C=O) groups is 1. The lowest BCUT2D eigenvalue weighted by atomic mass is 9.94. The van der Waals surface area contributed by atoms with Crippen molar-refractivity contribution in [1.82, 2.24) is 0 Å². The van der Waals surface area contributed by atoms with Crippen molar-refractivity contribution in [3.8, 4) is 0 Å². The van der Waals surface area contributed by atoms with Crippen LogP contribution in [0, 0.1) is 6.92 Å². The van der Waals surface area contributed by atoms with E-state index in [1.165, 1.54) is 0 Å². The summed E-state index contributed by atoms with van der Waals surface area (Å²) in [5.74, 6) is -0.341. The van der Waals surface area contributed by atoms with Crippen LogP contribution in [0.15, 0.2) is 49.1 Å². The van der Waals surface area contributed by atoms with Gasteiger partial charge in [-0.1, -0.05) is 48.0 Å². The van der Waals surface area contributed by atoms with Crippen LogP contribution in [-0.2, 0) is 4.74 Å². The van der Waals surface area contributed by atoms with Crippen molar-refractivity contribution >= 4 is 44.8 Å². The Kier molecular flexibility index (Phi) is 5.16. The topological polar surface area (TPSA) is 38.3 Å². The van der Waals surface area contributed by atoms with E-state index in [0.29, 0.717) is 17.1 Å². The fraction of sp³-hybridized carbons (Fsp3) is 0.261. The molecule has 3 nitrogen and oxygen atoms in total. The molecule has 3 aromatic rings. The number of hydrogen-bond acceptors (Lipinski definition) is 3. The normalized spacial score (nSPS) is 11.6. The molecule has 0 bridgehead atoms. The fourth-order valence-corrected chi connectivity index (χ4v) is 3.70. The van der Waals surface area contributed by atoms with Crippen molar-refractivity contribution in [3.05, 3.63) is 65.2 Å². The van der Waals surface area contributed by atoms with Crippen molar-refractivity contribution in [2.45, 2.75) is 33.3 Å². The van der Waals surface area contributed by atoms with Crippen LogP contribution in [0.4, 0.5) is 5.69 Å². The summed E-state index contributed by atoms with van der Waals surface area (Å²) < 4.78 is 5.57. The van der Waals surface area contributed by atoms with E-state index in [1.54, 1.807) is 0 Å². The van der Waals surface area contributed by atoms with Crippen LogP contribution in [0.5, 0.6) is 0 Å². The molecule has 0 amide bonds. The Morgan fingerprint density at radius 3 is 2.44 bits per heavy atom. The highest BCUT2D eigenvalue weighted by atomic mass is 35.5. The lowest BCUT2D eigenvalue weighted by Gasteiger charge is -2.21. The minimum absolute atomic E-state index is 0.341. The number of carbonyl (C=O) groups excluding carboxylic acids is 1. The van der Waals surface area contributed by atoms with Gasteiger partial charge in [0.05, 0.1) is 16.3 Å². The number of ether oxygens (including phenoxy) is 1. The van der Waals surface area contributed by atoms with Crippen molar-refractivity contribution in [2.24, 2.45) is 0 Å². The van der Waals surface area contributed by atoms with Crippen molar-refractivity contribution in [2.75, 3.05) is 11.9 Å². The van der Waals surface area contributed by atoms with E-state index in [9.17, 15) is 4.79 Å². The number of fused-ring (bicyclic) bond motifs is 2. The van der Waals surface area contributed by atoms with Gasteiger partial charge in [0.1, 0.15) is 5.60 Å². The van der Waals surface area contributed by atoms with Gasteiger partial charge in [-0.2, -0.15) is 0 Å². The number of nitrogens with one attached hydrogen (secondary N) is 1. The Bertz CT molecular complexity index is 1050. The largest absolute Gasteiger partial charge is 0.456 e. The number of rotatable bonds is 4. The lowest BCUT2D eigenvalue weighted by Crippen LogP contribution is -2.24. The maximum Gasteiger partial charge on any atom is 0.338 e. The molecule has 3 rings (SSSR count). The Morgan fingerprint density at radius 1 is 1.15 bits per heavy atom. The molecule has 0 radical (unpaired) electrons. The SMILES string of the molecule is C=CCNc1c2ccccc2c(Cl)c2c(C)c(C(=O)OC(C)(C)C)ccc12. The van der Waals surface area contributed by atoms with E-state index < -0.39 is 5.60 Å². The average molecular weight is 382 g/mol. The van der Waals surface area contributed by atoms with Crippen LogP contribution in [0.1, 0.15) is 36.7 Å². The quantitative estimate of drug-likeness (QED) is 0.318. The molecule has 4 heteroatoms. The molecule has 140 valence electrons. The maximum atomic E-state index is 12.7. The standard InChI is InChI=1S/C23H24ClNO2/c1-6-13-25-21-17-10-8-7-9-16(17)20(24)19-14(2)15(11-12-18(19)21)22(26)27-23(3,4)5/h6-12,25H,1,13H2,2-5H3. The lowest BCUT2D eigenvalue weighted by molar-refractivity contribution is 0.00690. The number of hydrogen-bond donors (Lipinski definition) is 1. The fourth-order valence-electron chi connectivity index (χ4n) is 3.29. The van der Waals surface area contributed by atoms with Gasteiger partial charge >= 0.3 is 5.97 Å². The summed E-state index contributed by atoms with van der Waals surface area (Å²) in [4.78, 5) is 12.7. The molecule has 0 unspecified atom stereocenters. The van der Waals surface area contributed by atoms with Crippen LogP contribution in [0.25, 0.3) is 21.5 Å². The zero-order chi connectivity index (χ0) is 19.8. The van der Waals surface area contributed by atoms with Gasteiger partial charge in [-0.25, -0.2) is 4.79 Å². The minimum atomic E-state index is -0.553. The van der Waals surface area contributed by atoms with Crippen molar-refractivity contribution in [1.29, 1.82) is 0 Å². The predicted molar refractivity (Wildman–Crippen MR) is 115 cm³/mol. The molecule has 0 aliphatic heterocycles. The molecule has 0 aliphatic carbocycles. The summed E-state index contributed by atoms with van der Waals surface area (Å²) in [6, 6.07) is 11.7. The molecule has 0 saturated carbocycles. The number of esters is 1. The average Bonchev–Trinajstić information content (AvgIpc) is 2.60. The summed E-state index contributed by atoms with van der Waals surface area (Å²) >= 11 is 6.80. The van der Waals surface area contributed by atoms with Crippen LogP contribution in [-0.4, -0.2) is 18.1 Å². The minimum Gasteiger partial charge on any atom is -0.456 e. The van der Waals surface area contributed by atoms with E-state index in [2.05, 4.69) is 11.9 Å². The summed E-state index contributed by atoms with van der Waals surface area (Å²) in [5.41, 5.74) is 1.79. The molecule has 0 saturated heterocycles. The number of aryl methyl sites for hydroxylation is 1. The Balaban J connectivity index is 2.32. The predicted octanol–water partition coefficient (Wildman–Crippen LogP) is 6.51. The summed E-state index contributed by atoms with van der Waals surface area (Å²) in [6.45, 7) is 11.9. The Hall–Kier alpha value is -2.52. The van der Waals surface area contributed by atoms with E-state index in [4.69, 9.17) is 16.3 Å².